The highest BCUT2D eigenvalue weighted by Gasteiger charge is 2.29. The molecule has 2 aliphatic heterocycles. The van der Waals surface area contributed by atoms with Crippen LogP contribution in [-0.2, 0) is 20.8 Å². The predicted molar refractivity (Wildman–Crippen MR) is 116 cm³/mol. The number of hydrogen-bond acceptors (Lipinski definition) is 8. The first-order valence-corrected chi connectivity index (χ1v) is 11.1. The maximum absolute atomic E-state index is 6.12. The zero-order valence-corrected chi connectivity index (χ0v) is 18.5. The first-order valence-electron chi connectivity index (χ1n) is 11.1. The number of nitrogens with zero attached hydrogens (tertiary/aromatic N) is 4. The summed E-state index contributed by atoms with van der Waals surface area (Å²) < 4.78 is 24.6. The second-order valence-electron chi connectivity index (χ2n) is 9.35. The van der Waals surface area contributed by atoms with Gasteiger partial charge in [0.2, 0.25) is 0 Å². The zero-order valence-electron chi connectivity index (χ0n) is 18.5. The van der Waals surface area contributed by atoms with E-state index in [1.54, 1.807) is 10.9 Å². The number of ether oxygens (including phenoxy) is 4. The molecule has 2 aromatic rings. The molecule has 0 unspecified atom stereocenters. The van der Waals surface area contributed by atoms with Crippen LogP contribution >= 0.6 is 0 Å². The van der Waals surface area contributed by atoms with Crippen molar-refractivity contribution in [3.8, 4) is 29.0 Å². The Bertz CT molecular complexity index is 993. The third kappa shape index (κ3) is 5.45. The average molecular weight is 440 g/mol. The zero-order chi connectivity index (χ0) is 22.0. The smallest absolute Gasteiger partial charge is 0.177 e. The van der Waals surface area contributed by atoms with Crippen molar-refractivity contribution in [2.45, 2.75) is 51.7 Å². The Labute approximate surface area is 187 Å². The summed E-state index contributed by atoms with van der Waals surface area (Å²) in [5.74, 6) is 6.99. The van der Waals surface area contributed by atoms with Crippen LogP contribution in [0.3, 0.4) is 0 Å². The van der Waals surface area contributed by atoms with E-state index in [-0.39, 0.29) is 17.8 Å². The third-order valence-electron chi connectivity index (χ3n) is 5.46. The van der Waals surface area contributed by atoms with E-state index in [0.717, 1.165) is 31.6 Å². The molecule has 1 aliphatic carbocycles. The lowest BCUT2D eigenvalue weighted by Gasteiger charge is -2.34. The van der Waals surface area contributed by atoms with Crippen molar-refractivity contribution in [1.82, 2.24) is 25.3 Å². The van der Waals surface area contributed by atoms with E-state index in [2.05, 4.69) is 46.3 Å². The molecule has 0 spiro atoms. The van der Waals surface area contributed by atoms with Gasteiger partial charge < -0.3 is 18.9 Å². The van der Waals surface area contributed by atoms with E-state index < -0.39 is 0 Å². The quantitative estimate of drug-likeness (QED) is 0.651. The number of nitrogens with one attached hydrogen (secondary N) is 1. The highest BCUT2D eigenvalue weighted by molar-refractivity contribution is 5.63. The second-order valence-corrected chi connectivity index (χ2v) is 9.35. The summed E-state index contributed by atoms with van der Waals surface area (Å²) >= 11 is 0. The van der Waals surface area contributed by atoms with Crippen LogP contribution in [0.2, 0.25) is 0 Å². The van der Waals surface area contributed by atoms with Crippen LogP contribution in [0.25, 0.3) is 11.4 Å². The molecule has 3 fully saturated rings. The van der Waals surface area contributed by atoms with Gasteiger partial charge in [0.15, 0.2) is 6.29 Å². The number of pyridine rings is 1. The van der Waals surface area contributed by atoms with Gasteiger partial charge in [-0.2, -0.15) is 0 Å². The van der Waals surface area contributed by atoms with Crippen LogP contribution in [0.1, 0.15) is 32.3 Å². The van der Waals surface area contributed by atoms with Crippen molar-refractivity contribution < 1.29 is 18.9 Å². The first kappa shape index (κ1) is 21.3. The molecule has 5 rings (SSSR count). The summed E-state index contributed by atoms with van der Waals surface area (Å²) in [4.78, 5) is 4.60. The minimum atomic E-state index is -0.328. The second kappa shape index (κ2) is 9.16. The van der Waals surface area contributed by atoms with Crippen molar-refractivity contribution in [1.29, 1.82) is 0 Å². The Hall–Kier alpha value is -2.51. The van der Waals surface area contributed by atoms with Crippen LogP contribution in [0.5, 0.6) is 5.75 Å². The Balaban J connectivity index is 1.26. The van der Waals surface area contributed by atoms with Gasteiger partial charge in [-0.3, -0.25) is 5.32 Å². The lowest BCUT2D eigenvalue weighted by atomic mass is 9.96. The van der Waals surface area contributed by atoms with E-state index in [0.29, 0.717) is 49.5 Å². The highest BCUT2D eigenvalue weighted by atomic mass is 16.7. The Kier molecular flexibility index (Phi) is 6.11. The van der Waals surface area contributed by atoms with Crippen molar-refractivity contribution >= 4 is 0 Å². The molecular weight excluding hydrogens is 410 g/mol. The maximum Gasteiger partial charge on any atom is 0.177 e. The fraction of sp³-hybridized carbons (Fsp3) is 0.609. The Morgan fingerprint density at radius 2 is 2.06 bits per heavy atom. The molecule has 3 aliphatic rings. The molecule has 170 valence electrons. The molecule has 2 aromatic heterocycles. The molecule has 4 heterocycles. The molecule has 1 saturated carbocycles. The monoisotopic (exact) mass is 439 g/mol. The van der Waals surface area contributed by atoms with Crippen molar-refractivity contribution in [3.05, 3.63) is 24.0 Å². The molecule has 0 aromatic carbocycles. The van der Waals surface area contributed by atoms with Gasteiger partial charge in [0.25, 0.3) is 0 Å². The van der Waals surface area contributed by atoms with Crippen LogP contribution in [0, 0.1) is 17.3 Å². The van der Waals surface area contributed by atoms with Gasteiger partial charge in [0.1, 0.15) is 17.1 Å². The van der Waals surface area contributed by atoms with Crippen LogP contribution in [0.4, 0.5) is 0 Å². The molecule has 2 saturated heterocycles. The van der Waals surface area contributed by atoms with Crippen LogP contribution in [0.15, 0.2) is 18.5 Å². The van der Waals surface area contributed by atoms with E-state index in [1.165, 1.54) is 0 Å². The summed E-state index contributed by atoms with van der Waals surface area (Å²) in [6, 6.07) is 2.35. The van der Waals surface area contributed by atoms with Crippen molar-refractivity contribution in [2.75, 3.05) is 33.0 Å². The Morgan fingerprint density at radius 3 is 2.78 bits per heavy atom. The van der Waals surface area contributed by atoms with Gasteiger partial charge in [-0.05, 0) is 18.9 Å². The average Bonchev–Trinajstić information content (AvgIpc) is 3.43. The fourth-order valence-corrected chi connectivity index (χ4v) is 3.34. The highest BCUT2D eigenvalue weighted by Crippen LogP contribution is 2.33. The van der Waals surface area contributed by atoms with E-state index in [9.17, 15) is 0 Å². The van der Waals surface area contributed by atoms with E-state index in [4.69, 9.17) is 18.9 Å². The molecule has 0 radical (unpaired) electrons. The topological polar surface area (TPSA) is 92.6 Å². The first-order chi connectivity index (χ1) is 15.5. The van der Waals surface area contributed by atoms with Crippen molar-refractivity contribution in [2.24, 2.45) is 5.41 Å². The van der Waals surface area contributed by atoms with Crippen LogP contribution in [-0.4, -0.2) is 71.4 Å². The van der Waals surface area contributed by atoms with Gasteiger partial charge in [-0.15, -0.1) is 5.10 Å². The SMILES string of the molecule is CC1(C)COC(Cn2cc(-c3ncc(C#CCNC4COC4)cc3OC3CC3)nn2)OC1. The van der Waals surface area contributed by atoms with E-state index >= 15 is 0 Å². The summed E-state index contributed by atoms with van der Waals surface area (Å²) in [7, 11) is 0. The van der Waals surface area contributed by atoms with Gasteiger partial charge in [-0.1, -0.05) is 30.9 Å². The molecule has 0 amide bonds. The summed E-state index contributed by atoms with van der Waals surface area (Å²) in [5, 5.41) is 11.9. The van der Waals surface area contributed by atoms with Crippen molar-refractivity contribution in [3.63, 3.8) is 0 Å². The number of aromatic nitrogens is 4. The molecule has 9 heteroatoms. The summed E-state index contributed by atoms with van der Waals surface area (Å²) in [6.07, 6.45) is 5.63. The maximum atomic E-state index is 6.12. The van der Waals surface area contributed by atoms with Crippen LogP contribution < -0.4 is 10.1 Å². The van der Waals surface area contributed by atoms with E-state index in [1.807, 2.05) is 12.3 Å². The Morgan fingerprint density at radius 1 is 1.25 bits per heavy atom. The van der Waals surface area contributed by atoms with Gasteiger partial charge >= 0.3 is 0 Å². The van der Waals surface area contributed by atoms with Gasteiger partial charge in [0, 0.05) is 17.2 Å². The molecule has 0 atom stereocenters. The normalized spacial score (nSPS) is 20.9. The standard InChI is InChI=1S/C23H29N5O4/c1-23(2)14-30-21(31-15-23)11-28-10-19(26-27-28)22-20(32-18-5-6-18)8-16(9-25-22)4-3-7-24-17-12-29-13-17/h8-10,17-18,21,24H,5-7,11-15H2,1-2H3. The summed E-state index contributed by atoms with van der Waals surface area (Å²) in [5.41, 5.74) is 2.18. The summed E-state index contributed by atoms with van der Waals surface area (Å²) in [6.45, 7) is 8.18. The minimum absolute atomic E-state index is 0.0370. The lowest BCUT2D eigenvalue weighted by Crippen LogP contribution is -2.45. The van der Waals surface area contributed by atoms with Gasteiger partial charge in [0.05, 0.1) is 57.9 Å². The largest absolute Gasteiger partial charge is 0.488 e. The fourth-order valence-electron chi connectivity index (χ4n) is 3.34. The number of hydrogen-bond donors (Lipinski definition) is 1. The molecule has 9 nitrogen and oxygen atoms in total. The predicted octanol–water partition coefficient (Wildman–Crippen LogP) is 1.62. The molecule has 32 heavy (non-hydrogen) atoms. The lowest BCUT2D eigenvalue weighted by molar-refractivity contribution is -0.227. The minimum Gasteiger partial charge on any atom is -0.488 e. The third-order valence-corrected chi connectivity index (χ3v) is 5.46. The molecule has 0 bridgehead atoms. The van der Waals surface area contributed by atoms with Gasteiger partial charge in [-0.25, -0.2) is 9.67 Å². The molecule has 1 N–H and O–H groups in total. The molecular formula is C23H29N5O4. The number of rotatable bonds is 7.